The molecule has 49 heavy (non-hydrogen) atoms. The van der Waals surface area contributed by atoms with Crippen LogP contribution >= 0.6 is 0 Å². The summed E-state index contributed by atoms with van der Waals surface area (Å²) in [5, 5.41) is 0. The quantitative estimate of drug-likeness (QED) is 0.184. The van der Waals surface area contributed by atoms with Gasteiger partial charge >= 0.3 is 26.2 Å². The molecular weight excluding hydrogens is 672 g/mol. The molecule has 0 spiro atoms. The number of aliphatic imine (C=N–C) groups is 2. The first-order valence-electron chi connectivity index (χ1n) is 17.8. The van der Waals surface area contributed by atoms with Crippen LogP contribution in [0.4, 0.5) is 11.4 Å². The van der Waals surface area contributed by atoms with Crippen molar-refractivity contribution in [3.05, 3.63) is 110 Å². The predicted molar refractivity (Wildman–Crippen MR) is 215 cm³/mol. The van der Waals surface area contributed by atoms with Crippen LogP contribution in [0.2, 0.25) is 0 Å². The monoisotopic (exact) mass is 738 g/mol. The first kappa shape index (κ1) is 46.9. The van der Waals surface area contributed by atoms with E-state index in [1.807, 2.05) is 30.3 Å². The molecule has 3 aromatic rings. The molecule has 4 unspecified atom stereocenters. The van der Waals surface area contributed by atoms with Gasteiger partial charge in [0.1, 0.15) is 0 Å². The molecule has 0 amide bonds. The summed E-state index contributed by atoms with van der Waals surface area (Å²) in [6.07, 6.45) is 4.32. The summed E-state index contributed by atoms with van der Waals surface area (Å²) >= 11 is 0. The van der Waals surface area contributed by atoms with E-state index in [9.17, 15) is 0 Å². The fourth-order valence-corrected chi connectivity index (χ4v) is 7.88. The number of hydrogen-bond acceptors (Lipinski definition) is 2. The molecule has 0 N–H and O–H groups in total. The Balaban J connectivity index is 0.000000998. The van der Waals surface area contributed by atoms with Gasteiger partial charge < -0.3 is 19.8 Å². The number of para-hydroxylation sites is 2. The normalized spacial score (nSPS) is 29.0. The van der Waals surface area contributed by atoms with E-state index in [2.05, 4.69) is 139 Å². The van der Waals surface area contributed by atoms with Gasteiger partial charge in [-0.3, -0.25) is 4.99 Å². The third-order valence-electron chi connectivity index (χ3n) is 12.4. The Kier molecular flexibility index (Phi) is 21.0. The third-order valence-corrected chi connectivity index (χ3v) is 12.4. The molecule has 3 aromatic carbocycles. The molecule has 0 saturated heterocycles. The fraction of sp³-hybridized carbons (Fsp3) is 0.522. The topological polar surface area (TPSA) is 24.7 Å². The standard InChI is InChI=1S/C28H37N2.C10H20.C6H5.2CH3.Zr/c1-17-11-9-12-18(2)27(17)29-16-25(30-28-19(3)13-10-14-20(28)4)15-26-23(7)21(5)22(6)24(26)8;1-6-7(2)9(4)10(5)8(6)3;1-2-4-6-5-3-1;;;/h9-14,21-24,26H,15H2,1-8H3;6-10H,1-5H3;1-5H;2*1H3;/q-1;;3*-1;+4. The van der Waals surface area contributed by atoms with Crippen LogP contribution in [-0.2, 0) is 26.2 Å². The average Bonchev–Trinajstić information content (AvgIpc) is 3.33. The van der Waals surface area contributed by atoms with E-state index < -0.39 is 0 Å². The van der Waals surface area contributed by atoms with Gasteiger partial charge in [-0.05, 0) is 96.3 Å². The molecule has 2 fully saturated rings. The number of hydrogen-bond donors (Lipinski definition) is 0. The van der Waals surface area contributed by atoms with Crippen molar-refractivity contribution >= 4 is 23.3 Å². The number of benzene rings is 3. The molecule has 0 aromatic heterocycles. The van der Waals surface area contributed by atoms with Crippen LogP contribution in [0, 0.1) is 108 Å². The van der Waals surface area contributed by atoms with E-state index in [1.54, 1.807) is 0 Å². The zero-order valence-corrected chi connectivity index (χ0v) is 36.2. The molecule has 266 valence electrons. The Morgan fingerprint density at radius 1 is 0.531 bits per heavy atom. The molecule has 0 radical (unpaired) electrons. The first-order valence-corrected chi connectivity index (χ1v) is 17.8. The van der Waals surface area contributed by atoms with E-state index >= 15 is 0 Å². The van der Waals surface area contributed by atoms with Crippen molar-refractivity contribution in [2.75, 3.05) is 0 Å². The van der Waals surface area contributed by atoms with Crippen molar-refractivity contribution in [1.29, 1.82) is 0 Å². The van der Waals surface area contributed by atoms with Gasteiger partial charge in [-0.15, -0.1) is 17.3 Å². The molecule has 2 nitrogen and oxygen atoms in total. The molecule has 0 bridgehead atoms. The van der Waals surface area contributed by atoms with Crippen LogP contribution in [0.5, 0.6) is 0 Å². The second-order valence-electron chi connectivity index (χ2n) is 14.9. The fourth-order valence-electron chi connectivity index (χ4n) is 7.88. The molecule has 2 saturated carbocycles. The summed E-state index contributed by atoms with van der Waals surface area (Å²) in [5.74, 6) is 8.12. The van der Waals surface area contributed by atoms with E-state index in [0.29, 0.717) is 17.8 Å². The van der Waals surface area contributed by atoms with E-state index in [0.717, 1.165) is 64.9 Å². The van der Waals surface area contributed by atoms with Crippen LogP contribution < -0.4 is 0 Å². The van der Waals surface area contributed by atoms with Crippen LogP contribution in [0.3, 0.4) is 0 Å². The van der Waals surface area contributed by atoms with Crippen molar-refractivity contribution in [3.8, 4) is 0 Å². The van der Waals surface area contributed by atoms with Gasteiger partial charge in [-0.1, -0.05) is 118 Å². The summed E-state index contributed by atoms with van der Waals surface area (Å²) in [6, 6.07) is 25.2. The van der Waals surface area contributed by atoms with Crippen LogP contribution in [0.15, 0.2) is 76.7 Å². The van der Waals surface area contributed by atoms with Crippen molar-refractivity contribution in [2.24, 2.45) is 69.2 Å². The van der Waals surface area contributed by atoms with Crippen LogP contribution in [0.25, 0.3) is 0 Å². The largest absolute Gasteiger partial charge is 4.00 e. The minimum Gasteiger partial charge on any atom is -0.449 e. The molecule has 3 heteroatoms. The van der Waals surface area contributed by atoms with Crippen molar-refractivity contribution in [3.63, 3.8) is 0 Å². The Labute approximate surface area is 323 Å². The molecular formula is C46H68N2Zr. The maximum Gasteiger partial charge on any atom is 4.00 e. The molecule has 2 aliphatic rings. The van der Waals surface area contributed by atoms with Gasteiger partial charge in [0.05, 0.1) is 5.69 Å². The number of nitrogens with zero attached hydrogens (tertiary/aromatic N) is 2. The Morgan fingerprint density at radius 3 is 1.20 bits per heavy atom. The maximum absolute atomic E-state index is 5.13. The second-order valence-corrected chi connectivity index (χ2v) is 14.9. The van der Waals surface area contributed by atoms with Gasteiger partial charge in [0, 0.05) is 0 Å². The second kappa shape index (κ2) is 22.0. The number of rotatable bonds is 5. The van der Waals surface area contributed by atoms with E-state index in [1.165, 1.54) is 22.3 Å². The van der Waals surface area contributed by atoms with E-state index in [4.69, 9.17) is 9.98 Å². The molecule has 2 aliphatic carbocycles. The van der Waals surface area contributed by atoms with Gasteiger partial charge in [-0.2, -0.15) is 36.4 Å². The van der Waals surface area contributed by atoms with E-state index in [-0.39, 0.29) is 41.1 Å². The minimum absolute atomic E-state index is 0. The summed E-state index contributed by atoms with van der Waals surface area (Å²) in [4.78, 5) is 9.94. The molecule has 4 atom stereocenters. The SMILES string of the molecule is CC1C(C)C(C)C(C)C1C.Cc1cccc(C)c1N=[C-]C(CC1C(C)C(C)C(C)C1C)=Nc1c(C)cccc1C.[CH3-].[CH3-].[Zr+4].[c-]1ccccc1. The molecule has 0 aliphatic heterocycles. The predicted octanol–water partition coefficient (Wildman–Crippen LogP) is 13.4. The minimum atomic E-state index is 0. The smallest absolute Gasteiger partial charge is 0.449 e. The van der Waals surface area contributed by atoms with Gasteiger partial charge in [0.25, 0.3) is 0 Å². The molecule has 0 heterocycles. The Morgan fingerprint density at radius 2 is 0.878 bits per heavy atom. The van der Waals surface area contributed by atoms with Crippen molar-refractivity contribution < 1.29 is 26.2 Å². The Hall–Kier alpha value is -2.12. The zero-order chi connectivity index (χ0) is 34.1. The zero-order valence-electron chi connectivity index (χ0n) is 33.7. The third kappa shape index (κ3) is 12.3. The summed E-state index contributed by atoms with van der Waals surface area (Å²) in [6.45, 7) is 30.1. The summed E-state index contributed by atoms with van der Waals surface area (Å²) in [7, 11) is 0. The van der Waals surface area contributed by atoms with Crippen LogP contribution in [0.1, 0.15) is 91.0 Å². The van der Waals surface area contributed by atoms with Gasteiger partial charge in [-0.25, -0.2) is 0 Å². The van der Waals surface area contributed by atoms with Crippen molar-refractivity contribution in [2.45, 2.75) is 96.4 Å². The first-order chi connectivity index (χ1) is 21.8. The maximum atomic E-state index is 5.13. The Bertz CT molecular complexity index is 1300. The number of aryl methyl sites for hydroxylation is 4. The van der Waals surface area contributed by atoms with Gasteiger partial charge in [0.2, 0.25) is 0 Å². The summed E-state index contributed by atoms with van der Waals surface area (Å²) in [5.41, 5.74) is 7.82. The molecule has 5 rings (SSSR count). The van der Waals surface area contributed by atoms with Crippen LogP contribution in [-0.4, -0.2) is 11.9 Å². The van der Waals surface area contributed by atoms with Crippen molar-refractivity contribution in [1.82, 2.24) is 0 Å². The average molecular weight is 740 g/mol. The van der Waals surface area contributed by atoms with Gasteiger partial charge in [0.15, 0.2) is 0 Å². The summed E-state index contributed by atoms with van der Waals surface area (Å²) < 4.78 is 0.